The lowest BCUT2D eigenvalue weighted by Crippen LogP contribution is -2.28. The van der Waals surface area contributed by atoms with E-state index in [1.807, 2.05) is 0 Å². The van der Waals surface area contributed by atoms with Crippen molar-refractivity contribution in [3.8, 4) is 0 Å². The van der Waals surface area contributed by atoms with Gasteiger partial charge in [0.15, 0.2) is 5.76 Å². The van der Waals surface area contributed by atoms with E-state index in [-0.39, 0.29) is 11.7 Å². The molecule has 0 spiro atoms. The first kappa shape index (κ1) is 9.76. The summed E-state index contributed by atoms with van der Waals surface area (Å²) in [6.45, 7) is 1.15. The molecule has 5 nitrogen and oxygen atoms in total. The van der Waals surface area contributed by atoms with Crippen LogP contribution in [0.5, 0.6) is 0 Å². The summed E-state index contributed by atoms with van der Waals surface area (Å²) in [5.41, 5.74) is 10.5. The van der Waals surface area contributed by atoms with Crippen LogP contribution in [-0.2, 0) is 6.54 Å². The van der Waals surface area contributed by atoms with E-state index in [0.717, 1.165) is 0 Å². The van der Waals surface area contributed by atoms with Crippen LogP contribution in [0.15, 0.2) is 16.5 Å². The van der Waals surface area contributed by atoms with Gasteiger partial charge in [0.1, 0.15) is 5.76 Å². The zero-order valence-corrected chi connectivity index (χ0v) is 7.25. The van der Waals surface area contributed by atoms with Crippen molar-refractivity contribution in [3.05, 3.63) is 23.7 Å². The first-order valence-corrected chi connectivity index (χ1v) is 4.05. The molecule has 1 amide bonds. The summed E-state index contributed by atoms with van der Waals surface area (Å²) in [6.07, 6.45) is 0. The van der Waals surface area contributed by atoms with E-state index in [1.54, 1.807) is 12.1 Å². The average molecular weight is 183 g/mol. The Morgan fingerprint density at radius 3 is 2.77 bits per heavy atom. The zero-order chi connectivity index (χ0) is 9.68. The molecule has 0 aliphatic rings. The first-order valence-electron chi connectivity index (χ1n) is 4.05. The second kappa shape index (κ2) is 4.64. The molecular formula is C8H13N3O2. The van der Waals surface area contributed by atoms with E-state index in [9.17, 15) is 4.79 Å². The lowest BCUT2D eigenvalue weighted by Gasteiger charge is -1.98. The maximum atomic E-state index is 11.2. The summed E-state index contributed by atoms with van der Waals surface area (Å²) in [4.78, 5) is 11.2. The predicted molar refractivity (Wildman–Crippen MR) is 48.0 cm³/mol. The zero-order valence-electron chi connectivity index (χ0n) is 7.25. The van der Waals surface area contributed by atoms with E-state index in [4.69, 9.17) is 15.9 Å². The Morgan fingerprint density at radius 2 is 2.23 bits per heavy atom. The molecular weight excluding hydrogens is 170 g/mol. The maximum Gasteiger partial charge on any atom is 0.287 e. The molecule has 0 aliphatic heterocycles. The smallest absolute Gasteiger partial charge is 0.287 e. The number of rotatable bonds is 4. The number of amides is 1. The minimum absolute atomic E-state index is 0.259. The van der Waals surface area contributed by atoms with Gasteiger partial charge in [-0.05, 0) is 12.1 Å². The van der Waals surface area contributed by atoms with Crippen LogP contribution in [0.25, 0.3) is 0 Å². The van der Waals surface area contributed by atoms with E-state index in [1.165, 1.54) is 0 Å². The Morgan fingerprint density at radius 1 is 1.46 bits per heavy atom. The molecule has 1 rings (SSSR count). The van der Waals surface area contributed by atoms with Gasteiger partial charge < -0.3 is 21.2 Å². The topological polar surface area (TPSA) is 94.3 Å². The molecule has 0 atom stereocenters. The van der Waals surface area contributed by atoms with Gasteiger partial charge in [0.25, 0.3) is 5.91 Å². The van der Waals surface area contributed by atoms with Crippen LogP contribution in [-0.4, -0.2) is 19.0 Å². The fourth-order valence-electron chi connectivity index (χ4n) is 0.882. The van der Waals surface area contributed by atoms with Gasteiger partial charge in [0, 0.05) is 13.1 Å². The molecule has 0 unspecified atom stereocenters. The molecule has 0 radical (unpaired) electrons. The van der Waals surface area contributed by atoms with Gasteiger partial charge in [0.05, 0.1) is 6.54 Å². The maximum absolute atomic E-state index is 11.2. The Kier molecular flexibility index (Phi) is 3.48. The molecule has 1 heterocycles. The van der Waals surface area contributed by atoms with E-state index < -0.39 is 0 Å². The fraction of sp³-hybridized carbons (Fsp3) is 0.375. The predicted octanol–water partition coefficient (Wildman–Crippen LogP) is -0.573. The molecule has 0 aromatic carbocycles. The quantitative estimate of drug-likeness (QED) is 0.582. The average Bonchev–Trinajstić information content (AvgIpc) is 2.62. The minimum Gasteiger partial charge on any atom is -0.455 e. The van der Waals surface area contributed by atoms with Crippen molar-refractivity contribution in [1.82, 2.24) is 5.32 Å². The van der Waals surface area contributed by atoms with E-state index in [2.05, 4.69) is 5.32 Å². The Bertz CT molecular complexity index is 283. The molecule has 0 bridgehead atoms. The number of nitrogens with one attached hydrogen (secondary N) is 1. The van der Waals surface area contributed by atoms with E-state index in [0.29, 0.717) is 25.4 Å². The van der Waals surface area contributed by atoms with E-state index >= 15 is 0 Å². The van der Waals surface area contributed by atoms with Crippen LogP contribution in [0.2, 0.25) is 0 Å². The Balaban J connectivity index is 2.55. The summed E-state index contributed by atoms with van der Waals surface area (Å²) < 4.78 is 5.11. The van der Waals surface area contributed by atoms with Crippen molar-refractivity contribution in [2.75, 3.05) is 13.1 Å². The first-order chi connectivity index (χ1) is 6.27. The van der Waals surface area contributed by atoms with Gasteiger partial charge in [0.2, 0.25) is 0 Å². The summed E-state index contributed by atoms with van der Waals surface area (Å²) in [6, 6.07) is 3.27. The molecule has 1 aromatic heterocycles. The van der Waals surface area contributed by atoms with Crippen molar-refractivity contribution >= 4 is 5.91 Å². The number of furan rings is 1. The Hall–Kier alpha value is -1.33. The van der Waals surface area contributed by atoms with Crippen LogP contribution in [0.4, 0.5) is 0 Å². The summed E-state index contributed by atoms with van der Waals surface area (Å²) in [5.74, 6) is 0.608. The summed E-state index contributed by atoms with van der Waals surface area (Å²) in [5, 5.41) is 2.59. The second-order valence-corrected chi connectivity index (χ2v) is 2.51. The van der Waals surface area contributed by atoms with Crippen molar-refractivity contribution in [1.29, 1.82) is 0 Å². The van der Waals surface area contributed by atoms with Gasteiger partial charge in [-0.25, -0.2) is 0 Å². The SMILES string of the molecule is NCCNC(=O)c1ccc(CN)o1. The largest absolute Gasteiger partial charge is 0.455 e. The molecule has 5 N–H and O–H groups in total. The number of hydrogen-bond donors (Lipinski definition) is 3. The van der Waals surface area contributed by atoms with Crippen molar-refractivity contribution in [2.45, 2.75) is 6.54 Å². The third kappa shape index (κ3) is 2.57. The molecule has 5 heteroatoms. The Labute approximate surface area is 76.1 Å². The number of nitrogens with two attached hydrogens (primary N) is 2. The lowest BCUT2D eigenvalue weighted by molar-refractivity contribution is 0.0925. The monoisotopic (exact) mass is 183 g/mol. The highest BCUT2D eigenvalue weighted by atomic mass is 16.4. The van der Waals surface area contributed by atoms with Crippen LogP contribution in [0.3, 0.4) is 0 Å². The molecule has 0 saturated carbocycles. The molecule has 0 fully saturated rings. The molecule has 0 saturated heterocycles. The number of carbonyl (C=O) groups excluding carboxylic acids is 1. The number of hydrogen-bond acceptors (Lipinski definition) is 4. The van der Waals surface area contributed by atoms with Gasteiger partial charge >= 0.3 is 0 Å². The van der Waals surface area contributed by atoms with Crippen molar-refractivity contribution in [2.24, 2.45) is 11.5 Å². The molecule has 72 valence electrons. The van der Waals surface area contributed by atoms with Crippen LogP contribution < -0.4 is 16.8 Å². The number of carbonyl (C=O) groups is 1. The van der Waals surface area contributed by atoms with Crippen LogP contribution in [0, 0.1) is 0 Å². The fourth-order valence-corrected chi connectivity index (χ4v) is 0.882. The van der Waals surface area contributed by atoms with Crippen molar-refractivity contribution in [3.63, 3.8) is 0 Å². The third-order valence-corrected chi connectivity index (χ3v) is 1.52. The highest BCUT2D eigenvalue weighted by molar-refractivity contribution is 5.91. The van der Waals surface area contributed by atoms with Gasteiger partial charge in [-0.2, -0.15) is 0 Å². The van der Waals surface area contributed by atoms with Gasteiger partial charge in [-0.3, -0.25) is 4.79 Å². The minimum atomic E-state index is -0.259. The van der Waals surface area contributed by atoms with Crippen LogP contribution >= 0.6 is 0 Å². The summed E-state index contributed by atoms with van der Waals surface area (Å²) >= 11 is 0. The second-order valence-electron chi connectivity index (χ2n) is 2.51. The molecule has 1 aromatic rings. The van der Waals surface area contributed by atoms with Gasteiger partial charge in [-0.1, -0.05) is 0 Å². The highest BCUT2D eigenvalue weighted by Crippen LogP contribution is 2.06. The van der Waals surface area contributed by atoms with Crippen LogP contribution in [0.1, 0.15) is 16.3 Å². The highest BCUT2D eigenvalue weighted by Gasteiger charge is 2.08. The lowest BCUT2D eigenvalue weighted by atomic mass is 10.4. The molecule has 0 aliphatic carbocycles. The summed E-state index contributed by atoms with van der Waals surface area (Å²) in [7, 11) is 0. The normalized spacial score (nSPS) is 10.0. The van der Waals surface area contributed by atoms with Gasteiger partial charge in [-0.15, -0.1) is 0 Å². The molecule has 13 heavy (non-hydrogen) atoms. The third-order valence-electron chi connectivity index (χ3n) is 1.52. The standard InChI is InChI=1S/C8H13N3O2/c9-3-4-11-8(12)7-2-1-6(5-10)13-7/h1-2H,3-5,9-10H2,(H,11,12). The van der Waals surface area contributed by atoms with Crippen molar-refractivity contribution < 1.29 is 9.21 Å².